The topological polar surface area (TPSA) is 39.2 Å². The highest BCUT2D eigenvalue weighted by Gasteiger charge is 2.16. The Hall–Kier alpha value is -1.33. The monoisotopic (exact) mass is 278 g/mol. The van der Waals surface area contributed by atoms with Crippen LogP contribution in [-0.2, 0) is 11.3 Å². The Morgan fingerprint density at radius 3 is 3.16 bits per heavy atom. The van der Waals surface area contributed by atoms with Crippen LogP contribution in [0.1, 0.15) is 12.8 Å². The van der Waals surface area contributed by atoms with E-state index in [0.29, 0.717) is 5.92 Å². The quantitative estimate of drug-likeness (QED) is 0.877. The Morgan fingerprint density at radius 2 is 2.42 bits per heavy atom. The predicted octanol–water partition coefficient (Wildman–Crippen LogP) is 3.13. The number of rotatable bonds is 3. The molecule has 1 fully saturated rings. The third-order valence-corrected chi connectivity index (χ3v) is 4.00. The molecule has 1 aromatic heterocycles. The van der Waals surface area contributed by atoms with Gasteiger partial charge in [-0.1, -0.05) is 0 Å². The molecule has 1 unspecified atom stereocenters. The highest BCUT2D eigenvalue weighted by molar-refractivity contribution is 7.71. The van der Waals surface area contributed by atoms with Crippen molar-refractivity contribution >= 4 is 23.3 Å². The van der Waals surface area contributed by atoms with E-state index >= 15 is 0 Å². The molecule has 1 atom stereocenters. The van der Waals surface area contributed by atoms with Crippen molar-refractivity contribution in [3.63, 3.8) is 0 Å². The number of nitrogens with zero attached hydrogens (tertiary/aromatic N) is 1. The summed E-state index contributed by atoms with van der Waals surface area (Å²) in [5.74, 6) is 1.40. The van der Waals surface area contributed by atoms with Gasteiger partial charge in [0.2, 0.25) is 0 Å². The first-order valence-corrected chi connectivity index (χ1v) is 7.03. The summed E-state index contributed by atoms with van der Waals surface area (Å²) in [6.45, 7) is 2.63. The fraction of sp³-hybridized carbons (Fsp3) is 0.500. The summed E-state index contributed by atoms with van der Waals surface area (Å²) < 4.78 is 13.8. The number of aromatic amines is 1. The lowest BCUT2D eigenvalue weighted by atomic mass is 10.0. The standard InChI is InChI=1S/C14H18N2O2S/c1-17-11-4-5-12-13(7-11)16(14(19)15-12)8-10-3-2-6-18-9-10/h4-5,7,10H,2-3,6,8-9H2,1H3,(H,15,19). The van der Waals surface area contributed by atoms with Crippen LogP contribution < -0.4 is 4.74 Å². The molecule has 0 saturated carbocycles. The first-order valence-electron chi connectivity index (χ1n) is 6.62. The molecule has 102 valence electrons. The molecule has 0 bridgehead atoms. The van der Waals surface area contributed by atoms with Crippen LogP contribution in [0.25, 0.3) is 11.0 Å². The number of hydrogen-bond donors (Lipinski definition) is 1. The Kier molecular flexibility index (Phi) is 3.57. The van der Waals surface area contributed by atoms with Gasteiger partial charge in [0.25, 0.3) is 0 Å². The third kappa shape index (κ3) is 2.53. The summed E-state index contributed by atoms with van der Waals surface area (Å²) in [5, 5.41) is 0. The first kappa shape index (κ1) is 12.7. The minimum Gasteiger partial charge on any atom is -0.497 e. The second kappa shape index (κ2) is 5.35. The molecule has 4 nitrogen and oxygen atoms in total. The number of imidazole rings is 1. The summed E-state index contributed by atoms with van der Waals surface area (Å²) in [6, 6.07) is 5.99. The molecule has 1 aromatic carbocycles. The Morgan fingerprint density at radius 1 is 1.53 bits per heavy atom. The first-order chi connectivity index (χ1) is 9.28. The summed E-state index contributed by atoms with van der Waals surface area (Å²) >= 11 is 5.43. The van der Waals surface area contributed by atoms with Crippen molar-refractivity contribution < 1.29 is 9.47 Å². The van der Waals surface area contributed by atoms with Crippen molar-refractivity contribution in [2.24, 2.45) is 5.92 Å². The maximum absolute atomic E-state index is 5.55. The number of fused-ring (bicyclic) bond motifs is 1. The van der Waals surface area contributed by atoms with Crippen LogP contribution in [0.15, 0.2) is 18.2 Å². The van der Waals surface area contributed by atoms with E-state index in [1.54, 1.807) is 7.11 Å². The largest absolute Gasteiger partial charge is 0.497 e. The average molecular weight is 278 g/mol. The molecule has 2 heterocycles. The molecule has 0 amide bonds. The van der Waals surface area contributed by atoms with Gasteiger partial charge in [-0.05, 0) is 37.2 Å². The lowest BCUT2D eigenvalue weighted by molar-refractivity contribution is 0.0486. The number of nitrogens with one attached hydrogen (secondary N) is 1. The normalized spacial score (nSPS) is 19.7. The van der Waals surface area contributed by atoms with Gasteiger partial charge in [0.15, 0.2) is 4.77 Å². The van der Waals surface area contributed by atoms with E-state index in [1.807, 2.05) is 18.2 Å². The third-order valence-electron chi connectivity index (χ3n) is 3.68. The van der Waals surface area contributed by atoms with E-state index in [9.17, 15) is 0 Å². The molecule has 2 aromatic rings. The zero-order chi connectivity index (χ0) is 13.2. The Balaban J connectivity index is 1.96. The molecule has 1 aliphatic heterocycles. The molecule has 1 saturated heterocycles. The maximum atomic E-state index is 5.55. The summed E-state index contributed by atoms with van der Waals surface area (Å²) in [5.41, 5.74) is 2.16. The number of methoxy groups -OCH3 is 1. The molecule has 19 heavy (non-hydrogen) atoms. The van der Waals surface area contributed by atoms with Gasteiger partial charge in [0, 0.05) is 25.1 Å². The number of aromatic nitrogens is 2. The van der Waals surface area contributed by atoms with E-state index in [2.05, 4.69) is 9.55 Å². The van der Waals surface area contributed by atoms with Gasteiger partial charge in [-0.25, -0.2) is 0 Å². The van der Waals surface area contributed by atoms with E-state index in [-0.39, 0.29) is 0 Å². The van der Waals surface area contributed by atoms with Crippen molar-refractivity contribution in [2.45, 2.75) is 19.4 Å². The zero-order valence-electron chi connectivity index (χ0n) is 11.0. The SMILES string of the molecule is COc1ccc2[nH]c(=S)n(CC3CCCOC3)c2c1. The minimum atomic E-state index is 0.547. The summed E-state index contributed by atoms with van der Waals surface area (Å²) in [6.07, 6.45) is 2.35. The molecule has 1 N–H and O–H groups in total. The van der Waals surface area contributed by atoms with Gasteiger partial charge in [0.1, 0.15) is 5.75 Å². The number of benzene rings is 1. The lowest BCUT2D eigenvalue weighted by Gasteiger charge is -2.22. The van der Waals surface area contributed by atoms with Gasteiger partial charge < -0.3 is 19.0 Å². The van der Waals surface area contributed by atoms with Crippen LogP contribution in [0.2, 0.25) is 0 Å². The molecule has 1 aliphatic rings. The maximum Gasteiger partial charge on any atom is 0.178 e. The molecule has 0 radical (unpaired) electrons. The molecule has 5 heteroatoms. The number of H-pyrrole nitrogens is 1. The smallest absolute Gasteiger partial charge is 0.178 e. The Bertz CT molecular complexity index is 626. The summed E-state index contributed by atoms with van der Waals surface area (Å²) in [7, 11) is 1.68. The fourth-order valence-corrected chi connectivity index (χ4v) is 2.93. The minimum absolute atomic E-state index is 0.547. The number of ether oxygens (including phenoxy) is 2. The average Bonchev–Trinajstić information content (AvgIpc) is 2.76. The van der Waals surface area contributed by atoms with Gasteiger partial charge in [0.05, 0.1) is 24.8 Å². The van der Waals surface area contributed by atoms with Crippen LogP contribution in [0.4, 0.5) is 0 Å². The van der Waals surface area contributed by atoms with Gasteiger partial charge in [-0.15, -0.1) is 0 Å². The van der Waals surface area contributed by atoms with Crippen molar-refractivity contribution in [3.8, 4) is 5.75 Å². The van der Waals surface area contributed by atoms with Crippen molar-refractivity contribution in [2.75, 3.05) is 20.3 Å². The second-order valence-electron chi connectivity index (χ2n) is 5.01. The van der Waals surface area contributed by atoms with Crippen LogP contribution >= 0.6 is 12.2 Å². The molecule has 3 rings (SSSR count). The molecule has 0 spiro atoms. The van der Waals surface area contributed by atoms with Crippen LogP contribution in [-0.4, -0.2) is 29.9 Å². The highest BCUT2D eigenvalue weighted by atomic mass is 32.1. The van der Waals surface area contributed by atoms with Gasteiger partial charge >= 0.3 is 0 Å². The zero-order valence-corrected chi connectivity index (χ0v) is 11.8. The van der Waals surface area contributed by atoms with Crippen LogP contribution in [0.5, 0.6) is 5.75 Å². The van der Waals surface area contributed by atoms with E-state index in [0.717, 1.165) is 47.7 Å². The highest BCUT2D eigenvalue weighted by Crippen LogP contribution is 2.23. The summed E-state index contributed by atoms with van der Waals surface area (Å²) in [4.78, 5) is 3.25. The fourth-order valence-electron chi connectivity index (χ4n) is 2.65. The van der Waals surface area contributed by atoms with Crippen molar-refractivity contribution in [1.82, 2.24) is 9.55 Å². The lowest BCUT2D eigenvalue weighted by Crippen LogP contribution is -2.22. The van der Waals surface area contributed by atoms with E-state index < -0.39 is 0 Å². The predicted molar refractivity (Wildman–Crippen MR) is 77.2 cm³/mol. The second-order valence-corrected chi connectivity index (χ2v) is 5.39. The number of hydrogen-bond acceptors (Lipinski definition) is 3. The van der Waals surface area contributed by atoms with E-state index in [1.165, 1.54) is 6.42 Å². The Labute approximate surface area is 117 Å². The molecule has 0 aliphatic carbocycles. The van der Waals surface area contributed by atoms with E-state index in [4.69, 9.17) is 21.7 Å². The van der Waals surface area contributed by atoms with Crippen molar-refractivity contribution in [3.05, 3.63) is 23.0 Å². The van der Waals surface area contributed by atoms with Gasteiger partial charge in [-0.3, -0.25) is 0 Å². The van der Waals surface area contributed by atoms with Crippen LogP contribution in [0, 0.1) is 10.7 Å². The molecular formula is C14H18N2O2S. The van der Waals surface area contributed by atoms with Crippen LogP contribution in [0.3, 0.4) is 0 Å². The van der Waals surface area contributed by atoms with Gasteiger partial charge in [-0.2, -0.15) is 0 Å². The molecular weight excluding hydrogens is 260 g/mol. The van der Waals surface area contributed by atoms with Crippen molar-refractivity contribution in [1.29, 1.82) is 0 Å².